The van der Waals surface area contributed by atoms with Gasteiger partial charge in [-0.15, -0.1) is 0 Å². The van der Waals surface area contributed by atoms with Crippen molar-refractivity contribution in [3.63, 3.8) is 0 Å². The third kappa shape index (κ3) is 8.04. The Balaban J connectivity index is 0.593. The average Bonchev–Trinajstić information content (AvgIpc) is 3.64. The first-order valence-corrected chi connectivity index (χ1v) is 20.7. The molecule has 0 radical (unpaired) electrons. The van der Waals surface area contributed by atoms with E-state index in [0.717, 1.165) is 72.2 Å². The standard InChI is InChI=1S/C45H48N6O8/c1-49-38-14-15-46-25-37(38)34-9-6-28(20-40(34)49)29-7-13-42(47-24-29)59-32-22-31(23-32)57-18-4-2-16-56-17-3-5-19-58-33-26-50(27-33)30-8-10-35-36(21-30)45(55)51(44(35)54)39-11-12-41(52)48-43(39)53/h6-10,13-15,20-21,24-25,31-33,39H,2-5,11-12,16-19,22-23,26-27H2,1H3,(H,48,52,53). The van der Waals surface area contributed by atoms with E-state index in [-0.39, 0.29) is 42.3 Å². The van der Waals surface area contributed by atoms with Crippen LogP contribution in [0.25, 0.3) is 32.9 Å². The van der Waals surface area contributed by atoms with Crippen molar-refractivity contribution in [2.75, 3.05) is 44.4 Å². The van der Waals surface area contributed by atoms with Crippen LogP contribution in [0.1, 0.15) is 72.1 Å². The molecular weight excluding hydrogens is 753 g/mol. The van der Waals surface area contributed by atoms with E-state index < -0.39 is 29.7 Å². The van der Waals surface area contributed by atoms with E-state index in [0.29, 0.717) is 38.8 Å². The minimum atomic E-state index is -0.970. The highest BCUT2D eigenvalue weighted by Gasteiger charge is 2.45. The maximum Gasteiger partial charge on any atom is 0.262 e. The topological polar surface area (TPSA) is 154 Å². The van der Waals surface area contributed by atoms with E-state index in [1.54, 1.807) is 12.1 Å². The van der Waals surface area contributed by atoms with Gasteiger partial charge in [-0.1, -0.05) is 12.1 Å². The van der Waals surface area contributed by atoms with Crippen LogP contribution in [0.3, 0.4) is 0 Å². The monoisotopic (exact) mass is 800 g/mol. The second kappa shape index (κ2) is 16.9. The number of amides is 4. The molecule has 2 saturated heterocycles. The fourth-order valence-electron chi connectivity index (χ4n) is 8.40. The number of carbonyl (C=O) groups excluding carboxylic acids is 4. The molecule has 4 aliphatic rings. The van der Waals surface area contributed by atoms with Crippen LogP contribution in [0.15, 0.2) is 73.2 Å². The second-order valence-electron chi connectivity index (χ2n) is 15.9. The van der Waals surface area contributed by atoms with Crippen LogP contribution >= 0.6 is 0 Å². The molecule has 0 bridgehead atoms. The fraction of sp³-hybridized carbons (Fsp3) is 0.422. The van der Waals surface area contributed by atoms with Gasteiger partial charge in [0.1, 0.15) is 12.1 Å². The number of hydrogen-bond acceptors (Lipinski definition) is 11. The Labute approximate surface area is 341 Å². The number of aryl methyl sites for hydroxylation is 1. The molecule has 0 spiro atoms. The number of ether oxygens (including phenoxy) is 4. The van der Waals surface area contributed by atoms with Gasteiger partial charge in [0, 0.05) is 118 Å². The van der Waals surface area contributed by atoms with Crippen LogP contribution in [0.2, 0.25) is 0 Å². The number of pyridine rings is 2. The molecule has 3 aliphatic heterocycles. The van der Waals surface area contributed by atoms with Crippen molar-refractivity contribution in [3.05, 3.63) is 84.3 Å². The Bertz CT molecular complexity index is 2390. The lowest BCUT2D eigenvalue weighted by Crippen LogP contribution is -2.54. The summed E-state index contributed by atoms with van der Waals surface area (Å²) in [5.74, 6) is -1.36. The van der Waals surface area contributed by atoms with Gasteiger partial charge >= 0.3 is 0 Å². The lowest BCUT2D eigenvalue weighted by molar-refractivity contribution is -0.136. The van der Waals surface area contributed by atoms with Crippen molar-refractivity contribution in [3.8, 4) is 17.0 Å². The summed E-state index contributed by atoms with van der Waals surface area (Å²) in [4.78, 5) is 62.0. The minimum Gasteiger partial charge on any atom is -0.474 e. The summed E-state index contributed by atoms with van der Waals surface area (Å²) in [6.45, 7) is 4.18. The molecule has 3 aromatic heterocycles. The highest BCUT2D eigenvalue weighted by Crippen LogP contribution is 2.34. The van der Waals surface area contributed by atoms with Gasteiger partial charge in [0.15, 0.2) is 0 Å². The predicted molar refractivity (Wildman–Crippen MR) is 219 cm³/mol. The van der Waals surface area contributed by atoms with Crippen molar-refractivity contribution in [2.45, 2.75) is 75.7 Å². The Hall–Kier alpha value is -5.70. The molecule has 14 nitrogen and oxygen atoms in total. The average molecular weight is 801 g/mol. The van der Waals surface area contributed by atoms with Crippen LogP contribution in [0.4, 0.5) is 5.69 Å². The minimum absolute atomic E-state index is 0.0925. The Morgan fingerprint density at radius 2 is 1.47 bits per heavy atom. The molecule has 9 rings (SSSR count). The number of aromatic nitrogens is 3. The number of carbonyl (C=O) groups is 4. The molecule has 4 amide bonds. The summed E-state index contributed by atoms with van der Waals surface area (Å²) in [5, 5.41) is 4.58. The SMILES string of the molecule is Cn1c2ccncc2c2ccc(-c3ccc(OC4CC(OCCCCOCCCCOC5CN(c6ccc7c(c6)C(=O)N(C6CCC(=O)NC6=O)C7=O)C5)C4)nc3)cc21. The number of anilines is 1. The number of benzene rings is 2. The molecule has 1 aliphatic carbocycles. The summed E-state index contributed by atoms with van der Waals surface area (Å²) in [7, 11) is 2.09. The van der Waals surface area contributed by atoms with Crippen LogP contribution in [0.5, 0.6) is 5.88 Å². The third-order valence-corrected chi connectivity index (χ3v) is 11.9. The van der Waals surface area contributed by atoms with Crippen molar-refractivity contribution in [2.24, 2.45) is 7.05 Å². The predicted octanol–water partition coefficient (Wildman–Crippen LogP) is 5.60. The number of rotatable bonds is 17. The number of nitrogens with one attached hydrogen (secondary N) is 1. The van der Waals surface area contributed by atoms with Crippen LogP contribution in [-0.4, -0.2) is 107 Å². The number of nitrogens with zero attached hydrogens (tertiary/aromatic N) is 5. The number of hydrogen-bond donors (Lipinski definition) is 1. The van der Waals surface area contributed by atoms with Crippen molar-refractivity contribution in [1.29, 1.82) is 0 Å². The van der Waals surface area contributed by atoms with Gasteiger partial charge < -0.3 is 28.4 Å². The first-order valence-electron chi connectivity index (χ1n) is 20.7. The summed E-state index contributed by atoms with van der Waals surface area (Å²) in [6, 6.07) is 16.8. The molecule has 1 atom stereocenters. The van der Waals surface area contributed by atoms with Crippen LogP contribution in [-0.2, 0) is 30.8 Å². The van der Waals surface area contributed by atoms with Crippen molar-refractivity contribution in [1.82, 2.24) is 24.8 Å². The first-order chi connectivity index (χ1) is 28.8. The summed E-state index contributed by atoms with van der Waals surface area (Å²) in [6.07, 6.45) is 11.8. The summed E-state index contributed by atoms with van der Waals surface area (Å²) < 4.78 is 26.2. The molecule has 1 unspecified atom stereocenters. The lowest BCUT2D eigenvalue weighted by Gasteiger charge is -2.40. The fourth-order valence-corrected chi connectivity index (χ4v) is 8.40. The van der Waals surface area contributed by atoms with Gasteiger partial charge in [-0.25, -0.2) is 4.98 Å². The summed E-state index contributed by atoms with van der Waals surface area (Å²) >= 11 is 0. The summed E-state index contributed by atoms with van der Waals surface area (Å²) in [5.41, 5.74) is 5.90. The van der Waals surface area contributed by atoms with Gasteiger partial charge in [-0.2, -0.15) is 0 Å². The third-order valence-electron chi connectivity index (χ3n) is 11.9. The Morgan fingerprint density at radius 3 is 2.24 bits per heavy atom. The second-order valence-corrected chi connectivity index (χ2v) is 15.9. The molecule has 2 aromatic carbocycles. The zero-order valence-electron chi connectivity index (χ0n) is 33.1. The lowest BCUT2D eigenvalue weighted by atomic mass is 9.92. The molecule has 5 aromatic rings. The number of unbranched alkanes of at least 4 members (excludes halogenated alkanes) is 2. The van der Waals surface area contributed by atoms with E-state index >= 15 is 0 Å². The molecule has 14 heteroatoms. The van der Waals surface area contributed by atoms with Crippen molar-refractivity contribution < 1.29 is 38.1 Å². The molecule has 306 valence electrons. The molecule has 1 saturated carbocycles. The van der Waals surface area contributed by atoms with Gasteiger partial charge in [0.25, 0.3) is 11.8 Å². The molecule has 3 fully saturated rings. The first kappa shape index (κ1) is 38.8. The van der Waals surface area contributed by atoms with Gasteiger partial charge in [0.2, 0.25) is 17.7 Å². The van der Waals surface area contributed by atoms with Crippen LogP contribution < -0.4 is 15.0 Å². The van der Waals surface area contributed by atoms with E-state index in [9.17, 15) is 19.2 Å². The largest absolute Gasteiger partial charge is 0.474 e. The Kier molecular flexibility index (Phi) is 11.1. The molecule has 6 heterocycles. The van der Waals surface area contributed by atoms with Crippen molar-refractivity contribution >= 4 is 51.1 Å². The highest BCUT2D eigenvalue weighted by atomic mass is 16.5. The molecule has 1 N–H and O–H groups in total. The number of piperidine rings is 1. The quantitative estimate of drug-likeness (QED) is 0.0924. The van der Waals surface area contributed by atoms with E-state index in [4.69, 9.17) is 18.9 Å². The van der Waals surface area contributed by atoms with Gasteiger partial charge in [0.05, 0.1) is 28.9 Å². The van der Waals surface area contributed by atoms with Crippen LogP contribution in [0, 0.1) is 0 Å². The highest BCUT2D eigenvalue weighted by molar-refractivity contribution is 6.23. The maximum absolute atomic E-state index is 13.1. The smallest absolute Gasteiger partial charge is 0.262 e. The van der Waals surface area contributed by atoms with Gasteiger partial charge in [-0.3, -0.25) is 34.4 Å². The normalized spacial score (nSPS) is 20.6. The number of imide groups is 2. The zero-order chi connectivity index (χ0) is 40.5. The van der Waals surface area contributed by atoms with E-state index in [1.165, 1.54) is 16.4 Å². The zero-order valence-corrected chi connectivity index (χ0v) is 33.1. The van der Waals surface area contributed by atoms with Gasteiger partial charge in [-0.05, 0) is 74.1 Å². The maximum atomic E-state index is 13.1. The number of fused-ring (bicyclic) bond motifs is 4. The molecule has 59 heavy (non-hydrogen) atoms. The molecular formula is C45H48N6O8. The van der Waals surface area contributed by atoms with E-state index in [1.807, 2.05) is 36.8 Å². The van der Waals surface area contributed by atoms with E-state index in [2.05, 4.69) is 56.1 Å². The Morgan fingerprint density at radius 1 is 0.729 bits per heavy atom.